The number of carbonyl (C=O) groups excluding carboxylic acids is 9. The van der Waals surface area contributed by atoms with Gasteiger partial charge in [0.1, 0.15) is 30.2 Å². The van der Waals surface area contributed by atoms with Crippen LogP contribution in [0.4, 0.5) is 4.79 Å². The van der Waals surface area contributed by atoms with Crippen molar-refractivity contribution in [1.29, 1.82) is 0 Å². The predicted octanol–water partition coefficient (Wildman–Crippen LogP) is -2.80. The molecule has 65 heavy (non-hydrogen) atoms. The van der Waals surface area contributed by atoms with E-state index < -0.39 is 104 Å². The Hall–Kier alpha value is -5.23. The first-order valence-electron chi connectivity index (χ1n) is 22.3. The van der Waals surface area contributed by atoms with E-state index in [-0.39, 0.29) is 61.7 Å². The van der Waals surface area contributed by atoms with Gasteiger partial charge in [0.2, 0.25) is 47.3 Å². The fourth-order valence-corrected chi connectivity index (χ4v) is 9.38. The Balaban J connectivity index is 1.47. The second-order valence-corrected chi connectivity index (χ2v) is 18.4. The molecule has 0 saturated carbocycles. The fourth-order valence-electron chi connectivity index (χ4n) is 7.83. The normalized spacial score (nSPS) is 21.1. The van der Waals surface area contributed by atoms with Crippen molar-refractivity contribution in [3.8, 4) is 0 Å². The molecule has 24 heteroatoms. The number of likely N-dealkylation sites (tertiary alicyclic amines) is 1. The van der Waals surface area contributed by atoms with E-state index in [0.717, 1.165) is 31.9 Å². The van der Waals surface area contributed by atoms with E-state index in [1.54, 1.807) is 0 Å². The first-order valence-corrected chi connectivity index (χ1v) is 23.4. The van der Waals surface area contributed by atoms with Crippen LogP contribution in [0.5, 0.6) is 0 Å². The summed E-state index contributed by atoms with van der Waals surface area (Å²) in [6, 6.07) is -6.48. The Morgan fingerprint density at radius 2 is 1.51 bits per heavy atom. The molecule has 3 rings (SSSR count). The molecule has 0 unspecified atom stereocenters. The van der Waals surface area contributed by atoms with Crippen LogP contribution in [0.3, 0.4) is 0 Å². The fraction of sp³-hybridized carbons (Fsp3) is 0.756. The Labute approximate surface area is 382 Å². The highest BCUT2D eigenvalue weighted by Gasteiger charge is 2.43. The zero-order chi connectivity index (χ0) is 48.2. The van der Waals surface area contributed by atoms with Crippen LogP contribution in [0, 0.1) is 5.92 Å². The highest BCUT2D eigenvalue weighted by Crippen LogP contribution is 2.33. The number of nitrogens with zero attached hydrogens (tertiary/aromatic N) is 1. The molecule has 0 aliphatic carbocycles. The minimum Gasteiger partial charge on any atom is -0.481 e. The summed E-state index contributed by atoms with van der Waals surface area (Å²) in [5.41, 5.74) is 5.07. The summed E-state index contributed by atoms with van der Waals surface area (Å²) in [5.74, 6) is -6.11. The van der Waals surface area contributed by atoms with Gasteiger partial charge in [-0.05, 0) is 64.2 Å². The molecule has 3 aliphatic rings. The van der Waals surface area contributed by atoms with Gasteiger partial charge in [-0.3, -0.25) is 43.2 Å². The molecular weight excluding hydrogens is 873 g/mol. The molecule has 3 heterocycles. The molecule has 3 saturated heterocycles. The largest absolute Gasteiger partial charge is 0.481 e. The molecule has 13 N–H and O–H groups in total. The van der Waals surface area contributed by atoms with Gasteiger partial charge in [0.15, 0.2) is 0 Å². The number of fused-ring (bicyclic) bond motifs is 1. The molecule has 366 valence electrons. The minimum absolute atomic E-state index is 0.0193. The maximum absolute atomic E-state index is 14.0. The number of aliphatic hydroxyl groups excluding tert-OH is 2. The summed E-state index contributed by atoms with van der Waals surface area (Å²) in [4.78, 5) is 127. The van der Waals surface area contributed by atoms with E-state index in [4.69, 9.17) is 5.73 Å². The number of amides is 10. The standard InChI is InChI=1S/C41H68N10O13S/c1-22(2)18-25(45-31(55)13-5-4-8-16-43-30(54)12-7-6-11-29-35-27(21-65-29)48-41(64)50-35)40(63)51-17-9-10-28(51)38(61)47-24(14-15-33(57)58)37(60)49-34(23(3)53)39(62)44-19-32(56)46-26(20-52)36(42)59/h22-29,34-35,52-53H,4-21H2,1-3H3,(H2,42,59)(H,43,54)(H,44,62)(H,45,55)(H,46,56)(H,47,61)(H,49,60)(H,57,58)(H2,48,50,64)/t23-,24+,25+,26+,27+,28+,29+,34+,35+/m1/s1. The van der Waals surface area contributed by atoms with Gasteiger partial charge in [0.05, 0.1) is 31.3 Å². The predicted molar refractivity (Wildman–Crippen MR) is 235 cm³/mol. The number of hydrogen-bond donors (Lipinski definition) is 12. The third-order valence-electron chi connectivity index (χ3n) is 11.3. The maximum atomic E-state index is 14.0. The van der Waals surface area contributed by atoms with Crippen molar-refractivity contribution in [2.24, 2.45) is 11.7 Å². The molecule has 3 fully saturated rings. The molecule has 0 bridgehead atoms. The summed E-state index contributed by atoms with van der Waals surface area (Å²) in [5, 5.41) is 49.9. The van der Waals surface area contributed by atoms with E-state index in [9.17, 15) is 63.3 Å². The number of nitrogens with two attached hydrogens (primary N) is 1. The monoisotopic (exact) mass is 940 g/mol. The Morgan fingerprint density at radius 3 is 2.17 bits per heavy atom. The average molecular weight is 941 g/mol. The van der Waals surface area contributed by atoms with Gasteiger partial charge in [-0.1, -0.05) is 26.7 Å². The number of carbonyl (C=O) groups is 10. The molecule has 9 atom stereocenters. The number of urea groups is 1. The van der Waals surface area contributed by atoms with Gasteiger partial charge in [-0.15, -0.1) is 0 Å². The lowest BCUT2D eigenvalue weighted by Gasteiger charge is -2.31. The molecule has 23 nitrogen and oxygen atoms in total. The number of aliphatic carboxylic acids is 1. The Bertz CT molecular complexity index is 1700. The van der Waals surface area contributed by atoms with Crippen molar-refractivity contribution in [2.45, 2.75) is 158 Å². The highest BCUT2D eigenvalue weighted by atomic mass is 32.2. The molecule has 0 radical (unpaired) electrons. The number of carboxylic acid groups (broad SMARTS) is 1. The number of unbranched alkanes of at least 4 members (excludes halogenated alkanes) is 3. The number of nitrogens with one attached hydrogen (secondary N) is 8. The third-order valence-corrected chi connectivity index (χ3v) is 12.8. The Kier molecular flexibility index (Phi) is 22.7. The summed E-state index contributed by atoms with van der Waals surface area (Å²) < 4.78 is 0. The number of rotatable bonds is 29. The van der Waals surface area contributed by atoms with Crippen LogP contribution in [0.25, 0.3) is 0 Å². The van der Waals surface area contributed by atoms with Crippen LogP contribution < -0.4 is 48.3 Å². The van der Waals surface area contributed by atoms with Crippen LogP contribution >= 0.6 is 11.8 Å². The number of hydrogen-bond acceptors (Lipinski definition) is 13. The van der Waals surface area contributed by atoms with Crippen molar-refractivity contribution >= 4 is 71.0 Å². The number of aliphatic hydroxyl groups is 2. The number of primary amides is 1. The lowest BCUT2D eigenvalue weighted by molar-refractivity contribution is -0.143. The van der Waals surface area contributed by atoms with Crippen LogP contribution in [0.15, 0.2) is 0 Å². The van der Waals surface area contributed by atoms with Crippen molar-refractivity contribution in [1.82, 2.24) is 47.4 Å². The van der Waals surface area contributed by atoms with E-state index in [1.807, 2.05) is 25.6 Å². The quantitative estimate of drug-likeness (QED) is 0.0267. The molecule has 0 aromatic heterocycles. The highest BCUT2D eigenvalue weighted by molar-refractivity contribution is 8.00. The van der Waals surface area contributed by atoms with Gasteiger partial charge < -0.3 is 68.5 Å². The first kappa shape index (κ1) is 54.1. The van der Waals surface area contributed by atoms with Crippen molar-refractivity contribution < 1.29 is 63.3 Å². The second-order valence-electron chi connectivity index (χ2n) is 17.1. The average Bonchev–Trinajstić information content (AvgIpc) is 3.98. The number of carboxylic acids is 1. The molecular formula is C41H68N10O13S. The number of thioether (sulfide) groups is 1. The van der Waals surface area contributed by atoms with Crippen LogP contribution in [0.2, 0.25) is 0 Å². The topological polar surface area (TPSA) is 357 Å². The molecule has 0 spiro atoms. The second kappa shape index (κ2) is 27.3. The zero-order valence-corrected chi connectivity index (χ0v) is 38.2. The van der Waals surface area contributed by atoms with Gasteiger partial charge in [0.25, 0.3) is 0 Å². The lowest BCUT2D eigenvalue weighted by Crippen LogP contribution is -2.60. The summed E-state index contributed by atoms with van der Waals surface area (Å²) in [6.07, 6.45) is 3.30. The van der Waals surface area contributed by atoms with Crippen LogP contribution in [0.1, 0.15) is 104 Å². The molecule has 0 aromatic rings. The van der Waals surface area contributed by atoms with Crippen molar-refractivity contribution in [3.63, 3.8) is 0 Å². The SMILES string of the molecule is CC(C)C[C@H](NC(=O)CCCCCNC(=O)CCCC[C@@H]1SC[C@@H]2NC(=O)N[C@@H]21)C(=O)N1CCC[C@H]1C(=O)N[C@@H](CCC(=O)O)C(=O)N[C@H](C(=O)NCC(=O)N[C@@H](CO)C(N)=O)[C@@H](C)O. The Morgan fingerprint density at radius 1 is 0.815 bits per heavy atom. The van der Waals surface area contributed by atoms with E-state index in [1.165, 1.54) is 4.90 Å². The lowest BCUT2D eigenvalue weighted by atomic mass is 10.0. The van der Waals surface area contributed by atoms with Crippen LogP contribution in [-0.4, -0.2) is 165 Å². The van der Waals surface area contributed by atoms with Gasteiger partial charge in [-0.2, -0.15) is 11.8 Å². The zero-order valence-electron chi connectivity index (χ0n) is 37.4. The van der Waals surface area contributed by atoms with Crippen LogP contribution in [-0.2, 0) is 43.2 Å². The summed E-state index contributed by atoms with van der Waals surface area (Å²) in [7, 11) is 0. The molecule has 10 amide bonds. The summed E-state index contributed by atoms with van der Waals surface area (Å²) >= 11 is 1.85. The van der Waals surface area contributed by atoms with E-state index in [2.05, 4.69) is 42.5 Å². The van der Waals surface area contributed by atoms with E-state index >= 15 is 0 Å². The summed E-state index contributed by atoms with van der Waals surface area (Å²) in [6.45, 7) is 4.02. The molecule has 0 aromatic carbocycles. The first-order chi connectivity index (χ1) is 30.8. The van der Waals surface area contributed by atoms with Crippen molar-refractivity contribution in [2.75, 3.05) is 32.0 Å². The van der Waals surface area contributed by atoms with E-state index in [0.29, 0.717) is 43.9 Å². The van der Waals surface area contributed by atoms with Crippen molar-refractivity contribution in [3.05, 3.63) is 0 Å². The molecule has 3 aliphatic heterocycles. The third kappa shape index (κ3) is 18.3. The van der Waals surface area contributed by atoms with Gasteiger partial charge in [-0.25, -0.2) is 4.79 Å². The minimum atomic E-state index is -1.69. The van der Waals surface area contributed by atoms with Gasteiger partial charge >= 0.3 is 12.0 Å². The maximum Gasteiger partial charge on any atom is 0.315 e. The smallest absolute Gasteiger partial charge is 0.315 e. The van der Waals surface area contributed by atoms with Gasteiger partial charge in [0, 0.05) is 43.4 Å².